The summed E-state index contributed by atoms with van der Waals surface area (Å²) in [6, 6.07) is 12.8. The van der Waals surface area contributed by atoms with Gasteiger partial charge in [0.25, 0.3) is 0 Å². The lowest BCUT2D eigenvalue weighted by Crippen LogP contribution is -2.48. The molecule has 0 amide bonds. The van der Waals surface area contributed by atoms with Gasteiger partial charge >= 0.3 is 0 Å². The van der Waals surface area contributed by atoms with E-state index in [-0.39, 0.29) is 18.0 Å². The summed E-state index contributed by atoms with van der Waals surface area (Å²) in [6.45, 7) is 0. The molecule has 5 heteroatoms. The van der Waals surface area contributed by atoms with Gasteiger partial charge in [-0.15, -0.1) is 0 Å². The van der Waals surface area contributed by atoms with E-state index < -0.39 is 6.10 Å². The van der Waals surface area contributed by atoms with Crippen LogP contribution in [0.3, 0.4) is 0 Å². The van der Waals surface area contributed by atoms with E-state index in [0.29, 0.717) is 17.2 Å². The fourth-order valence-electron chi connectivity index (χ4n) is 2.75. The van der Waals surface area contributed by atoms with Gasteiger partial charge in [-0.2, -0.15) is 0 Å². The molecule has 0 unspecified atom stereocenters. The van der Waals surface area contributed by atoms with Crippen LogP contribution >= 0.6 is 0 Å². The smallest absolute Gasteiger partial charge is 0.169 e. The monoisotopic (exact) mass is 317 g/mol. The van der Waals surface area contributed by atoms with Crippen molar-refractivity contribution >= 4 is 0 Å². The standard InChI is InChI=1S/C18H20FNO3/c19-12-5-3-6-13(11-12)22-15-8-1-2-9-16(15)23-17-10-4-7-14(20)18(17)21/h1-3,5-6,8-9,11,14,17-18,21H,4,7,10,20H2/t14-,17-,18-/m1/s1. The molecule has 1 saturated carbocycles. The van der Waals surface area contributed by atoms with Crippen molar-refractivity contribution in [3.8, 4) is 17.2 Å². The Morgan fingerprint density at radius 1 is 1.04 bits per heavy atom. The summed E-state index contributed by atoms with van der Waals surface area (Å²) >= 11 is 0. The average Bonchev–Trinajstić information content (AvgIpc) is 2.54. The van der Waals surface area contributed by atoms with Crippen LogP contribution in [-0.2, 0) is 0 Å². The van der Waals surface area contributed by atoms with E-state index in [1.54, 1.807) is 24.3 Å². The molecule has 4 nitrogen and oxygen atoms in total. The van der Waals surface area contributed by atoms with Crippen molar-refractivity contribution in [2.75, 3.05) is 0 Å². The molecule has 1 aliphatic rings. The zero-order valence-corrected chi connectivity index (χ0v) is 12.7. The van der Waals surface area contributed by atoms with E-state index in [0.717, 1.165) is 19.3 Å². The van der Waals surface area contributed by atoms with Gasteiger partial charge in [0.2, 0.25) is 0 Å². The summed E-state index contributed by atoms with van der Waals surface area (Å²) in [7, 11) is 0. The quantitative estimate of drug-likeness (QED) is 0.908. The highest BCUT2D eigenvalue weighted by Crippen LogP contribution is 2.34. The van der Waals surface area contributed by atoms with Crippen LogP contribution in [-0.4, -0.2) is 23.4 Å². The molecule has 0 bridgehead atoms. The van der Waals surface area contributed by atoms with E-state index in [2.05, 4.69) is 0 Å². The minimum atomic E-state index is -0.703. The molecular formula is C18H20FNO3. The van der Waals surface area contributed by atoms with Crippen LogP contribution in [0, 0.1) is 5.82 Å². The fraction of sp³-hybridized carbons (Fsp3) is 0.333. The number of aliphatic hydroxyl groups excluding tert-OH is 1. The summed E-state index contributed by atoms with van der Waals surface area (Å²) in [5.74, 6) is 1.01. The third-order valence-corrected chi connectivity index (χ3v) is 4.00. The normalized spacial score (nSPS) is 24.2. The van der Waals surface area contributed by atoms with E-state index >= 15 is 0 Å². The van der Waals surface area contributed by atoms with Gasteiger partial charge in [0, 0.05) is 12.1 Å². The van der Waals surface area contributed by atoms with Crippen LogP contribution in [0.25, 0.3) is 0 Å². The van der Waals surface area contributed by atoms with Crippen molar-refractivity contribution in [1.29, 1.82) is 0 Å². The molecule has 3 N–H and O–H groups in total. The third-order valence-electron chi connectivity index (χ3n) is 4.00. The lowest BCUT2D eigenvalue weighted by molar-refractivity contribution is -0.00673. The molecule has 2 aromatic rings. The molecule has 0 aromatic heterocycles. The Morgan fingerprint density at radius 2 is 1.83 bits per heavy atom. The van der Waals surface area contributed by atoms with Gasteiger partial charge in [0.1, 0.15) is 23.8 Å². The maximum absolute atomic E-state index is 13.3. The van der Waals surface area contributed by atoms with Crippen molar-refractivity contribution < 1.29 is 19.0 Å². The van der Waals surface area contributed by atoms with Crippen molar-refractivity contribution in [2.24, 2.45) is 5.73 Å². The van der Waals surface area contributed by atoms with Gasteiger partial charge in [0.15, 0.2) is 11.5 Å². The van der Waals surface area contributed by atoms with Crippen molar-refractivity contribution in [3.05, 3.63) is 54.3 Å². The molecule has 0 heterocycles. The molecular weight excluding hydrogens is 297 g/mol. The fourth-order valence-corrected chi connectivity index (χ4v) is 2.75. The van der Waals surface area contributed by atoms with E-state index in [1.807, 2.05) is 12.1 Å². The summed E-state index contributed by atoms with van der Waals surface area (Å²) in [5.41, 5.74) is 5.90. The van der Waals surface area contributed by atoms with Crippen LogP contribution in [0.15, 0.2) is 48.5 Å². The predicted molar refractivity (Wildman–Crippen MR) is 85.2 cm³/mol. The first-order valence-corrected chi connectivity index (χ1v) is 7.76. The number of rotatable bonds is 4. The van der Waals surface area contributed by atoms with Gasteiger partial charge in [-0.05, 0) is 43.5 Å². The van der Waals surface area contributed by atoms with Crippen LogP contribution in [0.1, 0.15) is 19.3 Å². The molecule has 1 aliphatic carbocycles. The van der Waals surface area contributed by atoms with Gasteiger partial charge < -0.3 is 20.3 Å². The number of nitrogens with two attached hydrogens (primary N) is 1. The first-order valence-electron chi connectivity index (χ1n) is 7.76. The Hall–Kier alpha value is -2.11. The van der Waals surface area contributed by atoms with Crippen molar-refractivity contribution in [3.63, 3.8) is 0 Å². The Bertz CT molecular complexity index is 664. The zero-order chi connectivity index (χ0) is 16.2. The largest absolute Gasteiger partial charge is 0.484 e. The topological polar surface area (TPSA) is 64.7 Å². The first-order chi connectivity index (χ1) is 11.1. The summed E-state index contributed by atoms with van der Waals surface area (Å²) in [4.78, 5) is 0. The second-order valence-electron chi connectivity index (χ2n) is 5.75. The minimum absolute atomic E-state index is 0.273. The number of para-hydroxylation sites is 2. The highest BCUT2D eigenvalue weighted by molar-refractivity contribution is 5.43. The maximum atomic E-state index is 13.3. The summed E-state index contributed by atoms with van der Waals surface area (Å²) < 4.78 is 24.9. The second kappa shape index (κ2) is 6.98. The van der Waals surface area contributed by atoms with Gasteiger partial charge in [0.05, 0.1) is 0 Å². The number of benzene rings is 2. The number of hydrogen-bond donors (Lipinski definition) is 2. The lowest BCUT2D eigenvalue weighted by atomic mass is 9.90. The van der Waals surface area contributed by atoms with Gasteiger partial charge in [-0.25, -0.2) is 4.39 Å². The SMILES string of the molecule is N[C@@H]1CCC[C@@H](Oc2ccccc2Oc2cccc(F)c2)[C@@H]1O. The van der Waals surface area contributed by atoms with E-state index in [4.69, 9.17) is 15.2 Å². The molecule has 0 spiro atoms. The Kier molecular flexibility index (Phi) is 4.79. The minimum Gasteiger partial charge on any atom is -0.484 e. The molecule has 23 heavy (non-hydrogen) atoms. The zero-order valence-electron chi connectivity index (χ0n) is 12.7. The van der Waals surface area contributed by atoms with Crippen LogP contribution in [0.5, 0.6) is 17.2 Å². The molecule has 1 fully saturated rings. The Balaban J connectivity index is 1.78. The molecule has 0 radical (unpaired) electrons. The molecule has 0 aliphatic heterocycles. The van der Waals surface area contributed by atoms with E-state index in [9.17, 15) is 9.50 Å². The predicted octanol–water partition coefficient (Wildman–Crippen LogP) is 3.24. The Labute approximate surface area is 134 Å². The van der Waals surface area contributed by atoms with Gasteiger partial charge in [-0.3, -0.25) is 0 Å². The lowest BCUT2D eigenvalue weighted by Gasteiger charge is -2.33. The Morgan fingerprint density at radius 3 is 2.61 bits per heavy atom. The number of aliphatic hydroxyl groups is 1. The van der Waals surface area contributed by atoms with Crippen LogP contribution in [0.4, 0.5) is 4.39 Å². The molecule has 2 aromatic carbocycles. The van der Waals surface area contributed by atoms with Gasteiger partial charge in [-0.1, -0.05) is 18.2 Å². The van der Waals surface area contributed by atoms with Crippen molar-refractivity contribution in [1.82, 2.24) is 0 Å². The molecule has 122 valence electrons. The molecule has 0 saturated heterocycles. The first kappa shape index (κ1) is 15.8. The highest BCUT2D eigenvalue weighted by atomic mass is 19.1. The molecule has 3 rings (SSSR count). The summed E-state index contributed by atoms with van der Waals surface area (Å²) in [5, 5.41) is 10.2. The molecule has 3 atom stereocenters. The number of hydrogen-bond acceptors (Lipinski definition) is 4. The van der Waals surface area contributed by atoms with Crippen LogP contribution < -0.4 is 15.2 Å². The van der Waals surface area contributed by atoms with Crippen molar-refractivity contribution in [2.45, 2.75) is 37.5 Å². The van der Waals surface area contributed by atoms with E-state index in [1.165, 1.54) is 12.1 Å². The maximum Gasteiger partial charge on any atom is 0.169 e. The third kappa shape index (κ3) is 3.81. The average molecular weight is 317 g/mol. The second-order valence-corrected chi connectivity index (χ2v) is 5.75. The highest BCUT2D eigenvalue weighted by Gasteiger charge is 2.31. The summed E-state index contributed by atoms with van der Waals surface area (Å²) in [6.07, 6.45) is 1.38. The number of halogens is 1. The van der Waals surface area contributed by atoms with Crippen LogP contribution in [0.2, 0.25) is 0 Å². The number of ether oxygens (including phenoxy) is 2.